The third kappa shape index (κ3) is 28.6. The molecule has 0 atom stereocenters. The smallest absolute Gasteiger partial charge is 0.253 e. The van der Waals surface area contributed by atoms with Gasteiger partial charge in [-0.25, -0.2) is 38.1 Å². The molecule has 0 bridgehead atoms. The molecule has 0 aliphatic carbocycles. The fourth-order valence-electron chi connectivity index (χ4n) is 14.9. The Bertz CT molecular complexity index is 6450. The maximum Gasteiger partial charge on any atom is 0.253 e. The average molecular weight is 2070 g/mol. The fourth-order valence-corrected chi connectivity index (χ4v) is 28.9. The van der Waals surface area contributed by atoms with Gasteiger partial charge in [0.25, 0.3) is 5.91 Å². The highest BCUT2D eigenvalue weighted by Gasteiger charge is 2.38. The number of piperazine rings is 4. The second kappa shape index (κ2) is 47.9. The van der Waals surface area contributed by atoms with E-state index in [2.05, 4.69) is 24.8 Å². The van der Waals surface area contributed by atoms with Crippen LogP contribution in [0.4, 0.5) is 4.39 Å². The predicted octanol–water partition coefficient (Wildman–Crippen LogP) is 20.4. The summed E-state index contributed by atoms with van der Waals surface area (Å²) in [6, 6.07) is 64.5. The van der Waals surface area contributed by atoms with Gasteiger partial charge in [-0.05, 0) is 237 Å². The van der Waals surface area contributed by atoms with Crippen molar-refractivity contribution in [1.29, 1.82) is 21.0 Å². The number of hydrogen-bond acceptors (Lipinski definition) is 20. The molecule has 4 fully saturated rings. The van der Waals surface area contributed by atoms with E-state index in [4.69, 9.17) is 70.8 Å². The molecule has 0 unspecified atom stereocenters. The summed E-state index contributed by atoms with van der Waals surface area (Å²) in [5.41, 5.74) is 6.39. The summed E-state index contributed by atoms with van der Waals surface area (Å²) in [6.45, 7) is 21.3. The molecular formula is C97H97Cl4FN12O10S10. The zero-order valence-corrected chi connectivity index (χ0v) is 85.8. The normalized spacial score (nSPS) is 14.8. The lowest BCUT2D eigenvalue weighted by Crippen LogP contribution is -2.50. The first kappa shape index (κ1) is 105. The van der Waals surface area contributed by atoms with Crippen LogP contribution >= 0.6 is 118 Å². The molecule has 4 aliphatic heterocycles. The maximum absolute atomic E-state index is 13.7. The molecular weight excluding hydrogens is 1970 g/mol. The van der Waals surface area contributed by atoms with Gasteiger partial charge < -0.3 is 19.6 Å². The summed E-state index contributed by atoms with van der Waals surface area (Å²) < 4.78 is 128. The molecule has 700 valence electrons. The van der Waals surface area contributed by atoms with Gasteiger partial charge in [-0.3, -0.25) is 9.59 Å². The molecule has 134 heavy (non-hydrogen) atoms. The van der Waals surface area contributed by atoms with Gasteiger partial charge in [0.1, 0.15) is 5.82 Å². The van der Waals surface area contributed by atoms with E-state index in [1.807, 2.05) is 131 Å². The van der Waals surface area contributed by atoms with Gasteiger partial charge in [-0.2, -0.15) is 38.3 Å². The molecule has 2 amide bonds. The van der Waals surface area contributed by atoms with Crippen LogP contribution in [0.5, 0.6) is 0 Å². The third-order valence-electron chi connectivity index (χ3n) is 21.5. The van der Waals surface area contributed by atoms with Crippen LogP contribution in [0, 0.1) is 90.7 Å². The Labute approximate surface area is 833 Å². The number of nitriles is 4. The molecule has 37 heteroatoms. The van der Waals surface area contributed by atoms with E-state index >= 15 is 0 Å². The van der Waals surface area contributed by atoms with Crippen molar-refractivity contribution in [1.82, 2.24) is 36.8 Å². The fraction of sp³-hybridized carbons (Fsp3) is 0.299. The number of halogens is 5. The number of hydrogen-bond donors (Lipinski definition) is 0. The predicted molar refractivity (Wildman–Crippen MR) is 537 cm³/mol. The topological polar surface area (TPSA) is 292 Å². The van der Waals surface area contributed by atoms with Gasteiger partial charge in [-0.1, -0.05) is 176 Å². The zero-order chi connectivity index (χ0) is 97.1. The highest BCUT2D eigenvalue weighted by atomic mass is 35.5. The number of sulfonamides is 4. The Balaban J connectivity index is 0.000000172. The van der Waals surface area contributed by atoms with Gasteiger partial charge in [0, 0.05) is 189 Å². The van der Waals surface area contributed by atoms with Crippen LogP contribution in [0.25, 0.3) is 0 Å². The van der Waals surface area contributed by atoms with Crippen molar-refractivity contribution >= 4 is 180 Å². The van der Waals surface area contributed by atoms with Gasteiger partial charge in [0.15, 0.2) is 0 Å². The molecule has 22 nitrogen and oxygen atoms in total. The quantitative estimate of drug-likeness (QED) is 0.0537. The minimum absolute atomic E-state index is 0.0519. The van der Waals surface area contributed by atoms with Gasteiger partial charge >= 0.3 is 0 Å². The Kier molecular flexibility index (Phi) is 37.7. The lowest BCUT2D eigenvalue weighted by molar-refractivity contribution is -0.133. The molecule has 0 radical (unpaired) electrons. The minimum atomic E-state index is -3.89. The van der Waals surface area contributed by atoms with Crippen molar-refractivity contribution in [3.8, 4) is 24.3 Å². The van der Waals surface area contributed by atoms with E-state index in [9.17, 15) is 68.7 Å². The van der Waals surface area contributed by atoms with Crippen LogP contribution < -0.4 is 0 Å². The standard InChI is InChI=1S/C26H23ClFN3O2S3.C25H22ClN3O3S2.C23H26ClN3O3S2.C23H26ClN3O2S3/c1-18-11-21(27)16-23(12-18)35-24-6-5-20(17-29)14-25(24)36(32,33)31-9-7-30(8-10-31)26(34)15-19-3-2-4-22(28)13-19;1-18-13-21(26)16-22(14-18)33-23-8-7-19(17-27)15-24(23)34(31,32)29-11-9-28(10-12-29)25(30)20-5-3-2-4-6-20;1-16(2)10-23(28)26-6-8-27(9-7-26)32(29,30)22-13-18(15-25)4-5-21(22)31-20-12-17(3)11-19(24)14-20;1-16(2)10-23(30)26-6-8-27(9-7-26)32(28,29)22-13-18(15-25)4-5-21(22)31-20-12-17(3)11-19(24)14-20/h2-6,11-14,16H,7-10,15H2,1H3;2-8,13-16H,9-12H2,1H3;2*4-5,11-14,16H,6-10H2,1-3H3. The number of thiocarbonyl (C=S) groups is 2. The Morgan fingerprint density at radius 3 is 0.933 bits per heavy atom. The number of benzene rings is 10. The number of carbonyl (C=O) groups excluding carboxylic acids is 2. The van der Waals surface area contributed by atoms with Gasteiger partial charge in [-0.15, -0.1) is 0 Å². The first-order valence-electron chi connectivity index (χ1n) is 42.5. The molecule has 10 aromatic rings. The monoisotopic (exact) mass is 2070 g/mol. The lowest BCUT2D eigenvalue weighted by atomic mass is 10.1. The summed E-state index contributed by atoms with van der Waals surface area (Å²) in [7, 11) is -15.4. The van der Waals surface area contributed by atoms with Crippen LogP contribution in [0.2, 0.25) is 20.1 Å². The third-order valence-corrected chi connectivity index (χ3v) is 35.6. The van der Waals surface area contributed by atoms with E-state index in [0.717, 1.165) is 58.8 Å². The van der Waals surface area contributed by atoms with Crippen molar-refractivity contribution in [2.75, 3.05) is 105 Å². The summed E-state index contributed by atoms with van der Waals surface area (Å²) in [5.74, 6) is 0.348. The highest BCUT2D eigenvalue weighted by molar-refractivity contribution is 8.01. The molecule has 4 heterocycles. The summed E-state index contributed by atoms with van der Waals surface area (Å²) in [5, 5.41) is 39.8. The van der Waals surface area contributed by atoms with Crippen molar-refractivity contribution < 1.29 is 47.7 Å². The number of rotatable bonds is 23. The van der Waals surface area contributed by atoms with Crippen LogP contribution in [-0.4, -0.2) is 197 Å². The van der Waals surface area contributed by atoms with E-state index in [1.165, 1.54) is 101 Å². The Hall–Kier alpha value is -8.99. The summed E-state index contributed by atoms with van der Waals surface area (Å²) in [4.78, 5) is 39.9. The number of nitrogens with zero attached hydrogens (tertiary/aromatic N) is 12. The minimum Gasteiger partial charge on any atom is -0.364 e. The van der Waals surface area contributed by atoms with E-state index in [1.54, 1.807) is 107 Å². The van der Waals surface area contributed by atoms with Crippen LogP contribution in [0.1, 0.15) is 101 Å². The molecule has 10 aromatic carbocycles. The molecule has 0 spiro atoms. The van der Waals surface area contributed by atoms with Gasteiger partial charge in [0.05, 0.1) is 76.1 Å². The summed E-state index contributed by atoms with van der Waals surface area (Å²) in [6.07, 6.45) is 1.70. The lowest BCUT2D eigenvalue weighted by Gasteiger charge is -2.36. The Morgan fingerprint density at radius 1 is 0.358 bits per heavy atom. The molecule has 4 saturated heterocycles. The van der Waals surface area contributed by atoms with Crippen LogP contribution in [0.15, 0.2) is 259 Å². The number of carbonyl (C=O) groups is 2. The van der Waals surface area contributed by atoms with Crippen molar-refractivity contribution in [3.63, 3.8) is 0 Å². The zero-order valence-electron chi connectivity index (χ0n) is 74.6. The molecule has 14 rings (SSSR count). The molecule has 0 saturated carbocycles. The van der Waals surface area contributed by atoms with Crippen molar-refractivity contribution in [3.05, 3.63) is 282 Å². The van der Waals surface area contributed by atoms with Crippen molar-refractivity contribution in [2.45, 2.75) is 133 Å². The second-order valence-electron chi connectivity index (χ2n) is 32.8. The first-order chi connectivity index (χ1) is 63.6. The largest absolute Gasteiger partial charge is 0.364 e. The van der Waals surface area contributed by atoms with Crippen LogP contribution in [-0.2, 0) is 51.3 Å². The molecule has 0 N–H and O–H groups in total. The Morgan fingerprint density at radius 2 is 0.649 bits per heavy atom. The van der Waals surface area contributed by atoms with Gasteiger partial charge in [0.2, 0.25) is 46.0 Å². The van der Waals surface area contributed by atoms with E-state index < -0.39 is 40.1 Å². The van der Waals surface area contributed by atoms with E-state index in [-0.39, 0.29) is 99.1 Å². The molecule has 0 aromatic heterocycles. The summed E-state index contributed by atoms with van der Waals surface area (Å²) >= 11 is 41.1. The first-order valence-corrected chi connectivity index (χ1v) is 53.9. The average Bonchev–Trinajstić information content (AvgIpc) is 0.788. The van der Waals surface area contributed by atoms with Crippen LogP contribution in [0.3, 0.4) is 0 Å². The number of amides is 2. The second-order valence-corrected chi connectivity index (χ2v) is 47.6. The highest BCUT2D eigenvalue weighted by Crippen LogP contribution is 2.42. The molecule has 4 aliphatic rings. The maximum atomic E-state index is 13.7. The van der Waals surface area contributed by atoms with E-state index in [0.29, 0.717) is 140 Å². The number of aryl methyl sites for hydroxylation is 4. The van der Waals surface area contributed by atoms with Crippen molar-refractivity contribution in [2.24, 2.45) is 11.8 Å². The SMILES string of the molecule is Cc1cc(Cl)cc(Sc2ccc(C#N)cc2S(=O)(=O)N2CCN(C(=O)CC(C)C)CC2)c1.Cc1cc(Cl)cc(Sc2ccc(C#N)cc2S(=O)(=O)N2CCN(C(=O)c3ccccc3)CC2)c1.Cc1cc(Cl)cc(Sc2ccc(C#N)cc2S(=O)(=O)N2CCN(C(=S)CC(C)C)CC2)c1.Cc1cc(Cl)cc(Sc2ccc(C#N)cc2S(=O)(=O)N2CCN(C(=S)Cc3cccc(F)c3)CC2)c1.